The smallest absolute Gasteiger partial charge is 1.00 e. The number of benzene rings is 2. The van der Waals surface area contributed by atoms with E-state index in [4.69, 9.17) is 16.8 Å². The van der Waals surface area contributed by atoms with Gasteiger partial charge in [0.2, 0.25) is 0 Å². The predicted molar refractivity (Wildman–Crippen MR) is 103 cm³/mol. The Hall–Kier alpha value is -0.380. The fourth-order valence-corrected chi connectivity index (χ4v) is 5.91. The first-order chi connectivity index (χ1) is 11.4. The largest absolute Gasteiger partial charge is 1.00 e. The molecule has 0 aliphatic carbocycles. The summed E-state index contributed by atoms with van der Waals surface area (Å²) >= 11 is 5.49. The van der Waals surface area contributed by atoms with Gasteiger partial charge in [-0.15, -0.1) is 0 Å². The van der Waals surface area contributed by atoms with Gasteiger partial charge in [0.25, 0.3) is 10.1 Å². The predicted octanol–water partition coefficient (Wildman–Crippen LogP) is 2.47. The molecule has 25 heavy (non-hydrogen) atoms. The van der Waals surface area contributed by atoms with Crippen LogP contribution in [0.3, 0.4) is 0 Å². The maximum Gasteiger partial charge on any atom is 1.00 e. The molecule has 0 saturated carbocycles. The number of aryl methyl sites for hydroxylation is 1. The summed E-state index contributed by atoms with van der Waals surface area (Å²) < 4.78 is 32.2. The van der Waals surface area contributed by atoms with Crippen molar-refractivity contribution in [1.82, 2.24) is 0 Å². The second-order valence-electron chi connectivity index (χ2n) is 5.37. The molecule has 0 saturated heterocycles. The Balaban J connectivity index is 0.00000169. The van der Waals surface area contributed by atoms with Crippen molar-refractivity contribution >= 4 is 43.0 Å². The van der Waals surface area contributed by atoms with Crippen LogP contribution in [-0.4, -0.2) is 13.0 Å². The summed E-state index contributed by atoms with van der Waals surface area (Å²) in [5, 5.41) is 0. The van der Waals surface area contributed by atoms with Gasteiger partial charge in [-0.1, -0.05) is 69.3 Å². The third-order valence-electron chi connectivity index (χ3n) is 3.71. The molecule has 1 N–H and O–H groups in total. The van der Waals surface area contributed by atoms with Gasteiger partial charge in [-0.05, 0) is 35.7 Å². The first kappa shape index (κ1) is 20.9. The van der Waals surface area contributed by atoms with Gasteiger partial charge in [-0.25, -0.2) is 0 Å². The molecule has 0 atom stereocenters. The monoisotopic (exact) mass is 418 g/mol. The van der Waals surface area contributed by atoms with Gasteiger partial charge >= 0.3 is 29.6 Å². The van der Waals surface area contributed by atoms with Gasteiger partial charge < -0.3 is 1.43 Å². The van der Waals surface area contributed by atoms with Gasteiger partial charge in [-0.2, -0.15) is 8.42 Å². The minimum Gasteiger partial charge on any atom is -1.00 e. The molecule has 0 radical (unpaired) electrons. The van der Waals surface area contributed by atoms with Crippen LogP contribution in [0.15, 0.2) is 53.4 Å². The molecule has 0 spiro atoms. The van der Waals surface area contributed by atoms with E-state index in [1.807, 2.05) is 12.1 Å². The van der Waals surface area contributed by atoms with Crippen molar-refractivity contribution in [3.63, 3.8) is 0 Å². The molecule has 0 unspecified atom stereocenters. The van der Waals surface area contributed by atoms with E-state index < -0.39 is 10.1 Å². The van der Waals surface area contributed by atoms with Crippen molar-refractivity contribution in [3.8, 4) is 10.4 Å². The average Bonchev–Trinajstić information content (AvgIpc) is 2.89. The van der Waals surface area contributed by atoms with Crippen LogP contribution < -0.4 is 29.6 Å². The Labute approximate surface area is 183 Å². The molecule has 126 valence electrons. The summed E-state index contributed by atoms with van der Waals surface area (Å²) in [6.45, 7) is 2.08. The molecular weight excluding hydrogens is 403 g/mol. The molecule has 0 amide bonds. The van der Waals surface area contributed by atoms with Crippen molar-refractivity contribution < 1.29 is 44.0 Å². The number of hydrogen-bond acceptors (Lipinski definition) is 5. The molecule has 3 aromatic rings. The normalized spacial score (nSPS) is 11.1. The van der Waals surface area contributed by atoms with Crippen molar-refractivity contribution in [2.24, 2.45) is 0 Å². The quantitative estimate of drug-likeness (QED) is 0.306. The third kappa shape index (κ3) is 4.87. The zero-order valence-corrected chi connectivity index (χ0v) is 19.0. The summed E-state index contributed by atoms with van der Waals surface area (Å²) in [6.07, 6.45) is 0.633. The van der Waals surface area contributed by atoms with Crippen LogP contribution in [-0.2, 0) is 16.5 Å². The third-order valence-corrected chi connectivity index (χ3v) is 7.76. The van der Waals surface area contributed by atoms with Crippen LogP contribution >= 0.6 is 32.9 Å². The standard InChI is InChI=1S/C17H14O3S4.Na.H/c1-11-4-2-3-5-14(11)16-15(17(21)23-22-16)10-12-6-8-13(9-7-12)24(18,19)20;;/h2-9H,10H2,1H3,(H,18,19,20);;/q;+1;-1. The maximum atomic E-state index is 11.1. The zero-order chi connectivity index (χ0) is 17.3. The summed E-state index contributed by atoms with van der Waals surface area (Å²) in [7, 11) is -0.909. The van der Waals surface area contributed by atoms with Crippen molar-refractivity contribution in [2.45, 2.75) is 18.2 Å². The van der Waals surface area contributed by atoms with Gasteiger partial charge in [0.1, 0.15) is 3.82 Å². The first-order valence-corrected chi connectivity index (χ1v) is 11.1. The Kier molecular flexibility index (Phi) is 7.15. The van der Waals surface area contributed by atoms with Gasteiger partial charge in [-0.3, -0.25) is 4.55 Å². The molecule has 1 aromatic heterocycles. The average molecular weight is 419 g/mol. The van der Waals surface area contributed by atoms with Crippen LogP contribution in [0, 0.1) is 10.7 Å². The second kappa shape index (κ2) is 8.54. The summed E-state index contributed by atoms with van der Waals surface area (Å²) in [5.74, 6) is 0. The molecule has 1 heterocycles. The van der Waals surface area contributed by atoms with Crippen molar-refractivity contribution in [2.75, 3.05) is 0 Å². The maximum absolute atomic E-state index is 11.1. The molecular formula is C17H15NaO3S4. The van der Waals surface area contributed by atoms with E-state index in [0.29, 0.717) is 6.42 Å². The van der Waals surface area contributed by atoms with Crippen LogP contribution in [0.2, 0.25) is 0 Å². The van der Waals surface area contributed by atoms with Crippen LogP contribution in [0.1, 0.15) is 18.1 Å². The molecule has 8 heteroatoms. The zero-order valence-electron chi connectivity index (χ0n) is 14.7. The van der Waals surface area contributed by atoms with Crippen LogP contribution in [0.25, 0.3) is 10.4 Å². The van der Waals surface area contributed by atoms with E-state index in [1.165, 1.54) is 28.1 Å². The molecule has 0 fully saturated rings. The Morgan fingerprint density at radius 2 is 1.72 bits per heavy atom. The van der Waals surface area contributed by atoms with E-state index >= 15 is 0 Å². The van der Waals surface area contributed by atoms with Gasteiger partial charge in [0, 0.05) is 12.0 Å². The molecule has 3 nitrogen and oxygen atoms in total. The van der Waals surface area contributed by atoms with E-state index in [-0.39, 0.29) is 35.9 Å². The van der Waals surface area contributed by atoms with Gasteiger partial charge in [0.05, 0.1) is 9.77 Å². The van der Waals surface area contributed by atoms with Crippen LogP contribution in [0.4, 0.5) is 0 Å². The topological polar surface area (TPSA) is 54.4 Å². The molecule has 0 aliphatic heterocycles. The number of hydrogen-bond donors (Lipinski definition) is 1. The van der Waals surface area contributed by atoms with Crippen LogP contribution in [0.5, 0.6) is 0 Å². The second-order valence-corrected chi connectivity index (χ2v) is 9.61. The molecule has 2 aromatic carbocycles. The molecule has 0 aliphatic rings. The molecule has 3 rings (SSSR count). The Bertz CT molecular complexity index is 1040. The summed E-state index contributed by atoms with van der Waals surface area (Å²) in [4.78, 5) is 1.07. The fraction of sp³-hybridized carbons (Fsp3) is 0.118. The van der Waals surface area contributed by atoms with Gasteiger partial charge in [0.15, 0.2) is 0 Å². The minimum absolute atomic E-state index is 0. The Morgan fingerprint density at radius 3 is 2.32 bits per heavy atom. The first-order valence-electron chi connectivity index (χ1n) is 7.10. The molecule has 0 bridgehead atoms. The van der Waals surface area contributed by atoms with E-state index in [9.17, 15) is 8.42 Å². The van der Waals surface area contributed by atoms with Crippen molar-refractivity contribution in [1.29, 1.82) is 0 Å². The summed E-state index contributed by atoms with van der Waals surface area (Å²) in [6, 6.07) is 14.4. The van der Waals surface area contributed by atoms with E-state index in [2.05, 4.69) is 19.1 Å². The van der Waals surface area contributed by atoms with E-state index in [0.717, 1.165) is 15.0 Å². The fourth-order valence-electron chi connectivity index (χ4n) is 2.44. The van der Waals surface area contributed by atoms with Crippen molar-refractivity contribution in [3.05, 3.63) is 69.0 Å². The summed E-state index contributed by atoms with van der Waals surface area (Å²) in [5.41, 5.74) is 4.42. The Morgan fingerprint density at radius 1 is 1.08 bits per heavy atom. The minimum atomic E-state index is -4.16. The SMILES string of the molecule is Cc1ccccc1-c1ssc(=S)c1Cc1ccc(S(=O)(=O)O)cc1.[H-].[Na+]. The van der Waals surface area contributed by atoms with E-state index in [1.54, 1.807) is 32.8 Å². The number of rotatable bonds is 4.